The molecule has 2 aromatic carbocycles. The number of hydrogen-bond donors (Lipinski definition) is 1. The summed E-state index contributed by atoms with van der Waals surface area (Å²) < 4.78 is 1.13. The first-order chi connectivity index (χ1) is 10.2. The summed E-state index contributed by atoms with van der Waals surface area (Å²) in [5.41, 5.74) is 1.91. The summed E-state index contributed by atoms with van der Waals surface area (Å²) in [7, 11) is 2.07. The Bertz CT molecular complexity index is 569. The molecular weight excluding hydrogens is 375 g/mol. The average Bonchev–Trinajstić information content (AvgIpc) is 2.52. The fourth-order valence-corrected chi connectivity index (χ4v) is 2.39. The lowest BCUT2D eigenvalue weighted by Crippen LogP contribution is -2.28. The Morgan fingerprint density at radius 2 is 1.76 bits per heavy atom. The Hall–Kier alpha value is -1.56. The largest absolute Gasteiger partial charge is 0.375 e. The van der Waals surface area contributed by atoms with E-state index in [1.165, 1.54) is 5.69 Å². The van der Waals surface area contributed by atoms with E-state index in [4.69, 9.17) is 0 Å². The maximum atomic E-state index is 11.9. The number of amides is 1. The summed E-state index contributed by atoms with van der Waals surface area (Å²) >= 11 is 2.23. The minimum Gasteiger partial charge on any atom is -0.375 e. The van der Waals surface area contributed by atoms with Crippen molar-refractivity contribution >= 4 is 34.2 Å². The zero-order chi connectivity index (χ0) is 15.1. The number of carbonyl (C=O) groups excluding carboxylic acids is 1. The minimum absolute atomic E-state index is 0.00577. The third-order valence-electron chi connectivity index (χ3n) is 3.26. The summed E-state index contributed by atoms with van der Waals surface area (Å²) in [5.74, 6) is -0.00577. The summed E-state index contributed by atoms with van der Waals surface area (Å²) in [6, 6.07) is 17.8. The predicted molar refractivity (Wildman–Crippen MR) is 95.8 cm³/mol. The monoisotopic (exact) mass is 394 g/mol. The molecular formula is C17H19IN2O. The van der Waals surface area contributed by atoms with Crippen LogP contribution in [0, 0.1) is 3.57 Å². The van der Waals surface area contributed by atoms with Crippen molar-refractivity contribution in [2.24, 2.45) is 0 Å². The predicted octanol–water partition coefficient (Wildman–Crippen LogP) is 3.55. The molecule has 0 spiro atoms. The first kappa shape index (κ1) is 15.8. The molecule has 0 atom stereocenters. The third kappa shape index (κ3) is 5.04. The second-order valence-electron chi connectivity index (χ2n) is 4.87. The van der Waals surface area contributed by atoms with Gasteiger partial charge in [0.05, 0.1) is 0 Å². The van der Waals surface area contributed by atoms with Crippen LogP contribution in [0.2, 0.25) is 0 Å². The van der Waals surface area contributed by atoms with Gasteiger partial charge < -0.3 is 10.2 Å². The molecule has 1 amide bonds. The Labute approximate surface area is 139 Å². The lowest BCUT2D eigenvalue weighted by Gasteiger charge is -2.19. The van der Waals surface area contributed by atoms with Crippen molar-refractivity contribution in [3.05, 3.63) is 63.7 Å². The van der Waals surface area contributed by atoms with E-state index in [9.17, 15) is 4.79 Å². The maximum absolute atomic E-state index is 11.9. The van der Waals surface area contributed by atoms with E-state index in [2.05, 4.69) is 52.0 Å². The molecule has 0 aliphatic rings. The van der Waals surface area contributed by atoms with Gasteiger partial charge in [-0.1, -0.05) is 18.2 Å². The van der Waals surface area contributed by atoms with E-state index in [1.807, 2.05) is 42.5 Å². The van der Waals surface area contributed by atoms with Crippen molar-refractivity contribution in [1.82, 2.24) is 5.32 Å². The SMILES string of the molecule is CN(CCCNC(=O)c1ccc(I)cc1)c1ccccc1. The number of anilines is 1. The number of rotatable bonds is 6. The topological polar surface area (TPSA) is 32.3 Å². The zero-order valence-corrected chi connectivity index (χ0v) is 14.2. The number of para-hydroxylation sites is 1. The van der Waals surface area contributed by atoms with E-state index in [1.54, 1.807) is 0 Å². The molecule has 0 aromatic heterocycles. The van der Waals surface area contributed by atoms with Gasteiger partial charge in [-0.3, -0.25) is 4.79 Å². The molecule has 0 unspecified atom stereocenters. The van der Waals surface area contributed by atoms with Crippen LogP contribution in [0.15, 0.2) is 54.6 Å². The van der Waals surface area contributed by atoms with E-state index in [0.29, 0.717) is 12.1 Å². The van der Waals surface area contributed by atoms with Crippen LogP contribution in [0.3, 0.4) is 0 Å². The fraction of sp³-hybridized carbons (Fsp3) is 0.235. The van der Waals surface area contributed by atoms with E-state index in [0.717, 1.165) is 16.5 Å². The van der Waals surface area contributed by atoms with E-state index < -0.39 is 0 Å². The van der Waals surface area contributed by atoms with Gasteiger partial charge in [-0.05, 0) is 65.4 Å². The van der Waals surface area contributed by atoms with Crippen LogP contribution >= 0.6 is 22.6 Å². The van der Waals surface area contributed by atoms with Crippen LogP contribution in [0.4, 0.5) is 5.69 Å². The van der Waals surface area contributed by atoms with Crippen LogP contribution in [-0.4, -0.2) is 26.0 Å². The van der Waals surface area contributed by atoms with Crippen molar-refractivity contribution in [3.8, 4) is 0 Å². The molecule has 0 saturated carbocycles. The van der Waals surface area contributed by atoms with Crippen molar-refractivity contribution < 1.29 is 4.79 Å². The molecule has 0 aliphatic carbocycles. The molecule has 2 rings (SSSR count). The molecule has 0 bridgehead atoms. The number of benzene rings is 2. The number of nitrogens with one attached hydrogen (secondary N) is 1. The molecule has 1 N–H and O–H groups in total. The molecule has 110 valence electrons. The standard InChI is InChI=1S/C17H19IN2O/c1-20(16-6-3-2-4-7-16)13-5-12-19-17(21)14-8-10-15(18)11-9-14/h2-4,6-11H,5,12-13H2,1H3,(H,19,21). The molecule has 0 fully saturated rings. The molecule has 0 saturated heterocycles. The first-order valence-corrected chi connectivity index (χ1v) is 8.04. The molecule has 3 nitrogen and oxygen atoms in total. The van der Waals surface area contributed by atoms with Gasteiger partial charge >= 0.3 is 0 Å². The summed E-state index contributed by atoms with van der Waals surface area (Å²) in [4.78, 5) is 14.1. The zero-order valence-electron chi connectivity index (χ0n) is 12.1. The van der Waals surface area contributed by atoms with Gasteiger partial charge in [0.15, 0.2) is 0 Å². The molecule has 0 radical (unpaired) electrons. The van der Waals surface area contributed by atoms with Crippen LogP contribution in [-0.2, 0) is 0 Å². The van der Waals surface area contributed by atoms with Gasteiger partial charge in [-0.15, -0.1) is 0 Å². The quantitative estimate of drug-likeness (QED) is 0.601. The van der Waals surface area contributed by atoms with Gasteiger partial charge in [0.2, 0.25) is 0 Å². The Morgan fingerprint density at radius 1 is 1.10 bits per heavy atom. The number of nitrogens with zero attached hydrogens (tertiary/aromatic N) is 1. The van der Waals surface area contributed by atoms with Crippen LogP contribution < -0.4 is 10.2 Å². The highest BCUT2D eigenvalue weighted by atomic mass is 127. The highest BCUT2D eigenvalue weighted by molar-refractivity contribution is 14.1. The van der Waals surface area contributed by atoms with Gasteiger partial charge in [0.1, 0.15) is 0 Å². The lowest BCUT2D eigenvalue weighted by molar-refractivity contribution is 0.0953. The van der Waals surface area contributed by atoms with Crippen molar-refractivity contribution in [3.63, 3.8) is 0 Å². The van der Waals surface area contributed by atoms with Crippen molar-refractivity contribution in [1.29, 1.82) is 0 Å². The second-order valence-corrected chi connectivity index (χ2v) is 6.12. The van der Waals surface area contributed by atoms with Gasteiger partial charge in [0.25, 0.3) is 5.91 Å². The normalized spacial score (nSPS) is 10.2. The van der Waals surface area contributed by atoms with Crippen molar-refractivity contribution in [2.75, 3.05) is 25.0 Å². The van der Waals surface area contributed by atoms with Crippen LogP contribution in [0.25, 0.3) is 0 Å². The van der Waals surface area contributed by atoms with Gasteiger partial charge in [0, 0.05) is 35.0 Å². The molecule has 0 aliphatic heterocycles. The Kier molecular flexibility index (Phi) is 6.04. The average molecular weight is 394 g/mol. The number of hydrogen-bond acceptors (Lipinski definition) is 2. The van der Waals surface area contributed by atoms with Crippen molar-refractivity contribution in [2.45, 2.75) is 6.42 Å². The Morgan fingerprint density at radius 3 is 2.43 bits per heavy atom. The van der Waals surface area contributed by atoms with Gasteiger partial charge in [-0.25, -0.2) is 0 Å². The lowest BCUT2D eigenvalue weighted by atomic mass is 10.2. The number of carbonyl (C=O) groups is 1. The second kappa shape index (κ2) is 8.02. The number of halogens is 1. The fourth-order valence-electron chi connectivity index (χ4n) is 2.03. The highest BCUT2D eigenvalue weighted by Crippen LogP contribution is 2.11. The van der Waals surface area contributed by atoms with Gasteiger partial charge in [-0.2, -0.15) is 0 Å². The van der Waals surface area contributed by atoms with E-state index in [-0.39, 0.29) is 5.91 Å². The van der Waals surface area contributed by atoms with Crippen LogP contribution in [0.5, 0.6) is 0 Å². The third-order valence-corrected chi connectivity index (χ3v) is 3.98. The Balaban J connectivity index is 1.72. The first-order valence-electron chi connectivity index (χ1n) is 6.97. The summed E-state index contributed by atoms with van der Waals surface area (Å²) in [6.45, 7) is 1.60. The molecule has 4 heteroatoms. The van der Waals surface area contributed by atoms with Crippen LogP contribution in [0.1, 0.15) is 16.8 Å². The highest BCUT2D eigenvalue weighted by Gasteiger charge is 2.04. The smallest absolute Gasteiger partial charge is 0.251 e. The summed E-state index contributed by atoms with van der Waals surface area (Å²) in [6.07, 6.45) is 0.918. The van der Waals surface area contributed by atoms with E-state index >= 15 is 0 Å². The molecule has 0 heterocycles. The minimum atomic E-state index is -0.00577. The maximum Gasteiger partial charge on any atom is 0.251 e. The molecule has 21 heavy (non-hydrogen) atoms. The molecule has 2 aromatic rings. The summed E-state index contributed by atoms with van der Waals surface area (Å²) in [5, 5.41) is 2.96.